The van der Waals surface area contributed by atoms with Gasteiger partial charge in [-0.3, -0.25) is 18.6 Å². The molecule has 80 heavy (non-hydrogen) atoms. The van der Waals surface area contributed by atoms with Crippen molar-refractivity contribution in [3.63, 3.8) is 0 Å². The maximum absolute atomic E-state index is 12.8. The van der Waals surface area contributed by atoms with Crippen LogP contribution in [0, 0.1) is 0 Å². The van der Waals surface area contributed by atoms with Crippen LogP contribution >= 0.6 is 7.82 Å². The van der Waals surface area contributed by atoms with Crippen LogP contribution < -0.4 is 0 Å². The topological polar surface area (TPSA) is 108 Å². The van der Waals surface area contributed by atoms with Crippen LogP contribution in [-0.4, -0.2) is 74.9 Å². The Bertz CT molecular complexity index is 1810. The Hall–Kier alpha value is -3.85. The number of ether oxygens (including phenoxy) is 2. The van der Waals surface area contributed by atoms with Crippen LogP contribution in [0.15, 0.2) is 134 Å². The van der Waals surface area contributed by atoms with Crippen LogP contribution in [-0.2, 0) is 32.7 Å². The number of unbranched alkanes of at least 4 members (excludes halogenated alkanes) is 21. The minimum absolute atomic E-state index is 0.0218. The molecule has 0 aromatic rings. The number of carbonyl (C=O) groups is 2. The summed E-state index contributed by atoms with van der Waals surface area (Å²) in [6.07, 6.45) is 86.7. The summed E-state index contributed by atoms with van der Waals surface area (Å²) < 4.78 is 34.6. The number of nitrogens with zero attached hydrogens (tertiary/aromatic N) is 1. The molecule has 0 radical (unpaired) electrons. The fraction of sp³-hybridized carbons (Fsp3) is 0.657. The Balaban J connectivity index is 4.19. The second kappa shape index (κ2) is 59.8. The van der Waals surface area contributed by atoms with E-state index in [1.54, 1.807) is 0 Å². The number of quaternary nitrogens is 1. The summed E-state index contributed by atoms with van der Waals surface area (Å²) in [6.45, 7) is 4.29. The highest BCUT2D eigenvalue weighted by Gasteiger charge is 2.27. The van der Waals surface area contributed by atoms with E-state index < -0.39 is 26.5 Å². The summed E-state index contributed by atoms with van der Waals surface area (Å²) in [5.41, 5.74) is 0. The van der Waals surface area contributed by atoms with Gasteiger partial charge in [-0.05, 0) is 116 Å². The predicted octanol–water partition coefficient (Wildman–Crippen LogP) is 20.5. The first kappa shape index (κ1) is 76.1. The van der Waals surface area contributed by atoms with E-state index in [-0.39, 0.29) is 32.0 Å². The van der Waals surface area contributed by atoms with E-state index in [0.29, 0.717) is 17.4 Å². The predicted molar refractivity (Wildman–Crippen MR) is 344 cm³/mol. The third-order valence-corrected chi connectivity index (χ3v) is 14.1. The lowest BCUT2D eigenvalue weighted by molar-refractivity contribution is -0.870. The molecule has 2 atom stereocenters. The number of esters is 2. The fourth-order valence-corrected chi connectivity index (χ4v) is 9.01. The zero-order valence-electron chi connectivity index (χ0n) is 51.8. The van der Waals surface area contributed by atoms with E-state index in [0.717, 1.165) is 122 Å². The highest BCUT2D eigenvalue weighted by atomic mass is 31.2. The second-order valence-electron chi connectivity index (χ2n) is 22.1. The van der Waals surface area contributed by atoms with Gasteiger partial charge in [-0.1, -0.05) is 250 Å². The van der Waals surface area contributed by atoms with Gasteiger partial charge in [0.15, 0.2) is 6.10 Å². The van der Waals surface area contributed by atoms with Crippen molar-refractivity contribution in [3.8, 4) is 0 Å². The molecule has 0 spiro atoms. The third-order valence-electron chi connectivity index (χ3n) is 13.2. The van der Waals surface area contributed by atoms with Crippen molar-refractivity contribution in [2.24, 2.45) is 0 Å². The Morgan fingerprint density at radius 2 is 0.713 bits per heavy atom. The van der Waals surface area contributed by atoms with Gasteiger partial charge in [-0.25, -0.2) is 4.57 Å². The average Bonchev–Trinajstić information content (AvgIpc) is 3.42. The molecule has 0 amide bonds. The highest BCUT2D eigenvalue weighted by Crippen LogP contribution is 2.43. The molecule has 0 aromatic heterocycles. The van der Waals surface area contributed by atoms with E-state index in [9.17, 15) is 19.0 Å². The van der Waals surface area contributed by atoms with E-state index >= 15 is 0 Å². The van der Waals surface area contributed by atoms with Crippen molar-refractivity contribution >= 4 is 19.8 Å². The van der Waals surface area contributed by atoms with Gasteiger partial charge in [0.1, 0.15) is 19.8 Å². The fourth-order valence-electron chi connectivity index (χ4n) is 8.27. The van der Waals surface area contributed by atoms with E-state index in [4.69, 9.17) is 18.5 Å². The highest BCUT2D eigenvalue weighted by molar-refractivity contribution is 7.47. The molecular formula is C70H119NO8P+. The SMILES string of the molecule is CC/C=C\C/C=C\C/C=C\C/C=C\C/C=C\C/C=C\C/C=C\C/C=C\C/C=C\CCCCCCCCCC(=O)OC(COC(=O)CCCCCCCCCCC/C=C\C/C=C\CCCCCCC)COP(=O)(O)OCC[N+](C)(C)C. The smallest absolute Gasteiger partial charge is 0.462 e. The van der Waals surface area contributed by atoms with Crippen LogP contribution in [0.1, 0.15) is 245 Å². The monoisotopic (exact) mass is 1130 g/mol. The second-order valence-corrected chi connectivity index (χ2v) is 23.5. The first-order valence-corrected chi connectivity index (χ1v) is 33.4. The standard InChI is InChI=1S/C70H118NO8P/c1-6-8-10-12-14-16-18-20-22-24-26-28-29-30-31-32-33-34-35-36-37-38-39-40-41-43-45-47-49-51-53-55-57-59-61-63-70(73)79-68(67-78-80(74,75)77-65-64-71(3,4)5)66-76-69(72)62-60-58-56-54-52-50-48-46-44-42-27-25-23-21-19-17-15-13-11-9-7-2/h8,10,14,16,19-22,25-28,30-31,33-34,36-37,39-40,43,45,68H,6-7,9,11-13,15,17-18,23-24,29,32,35,38,41-42,44,46-67H2,1-5H3/p+1/b10-8-,16-14-,21-19-,22-20-,27-25-,28-26-,31-30-,34-33-,37-36-,40-39-,45-43-. The van der Waals surface area contributed by atoms with E-state index in [2.05, 4.69) is 148 Å². The minimum atomic E-state index is -4.40. The van der Waals surface area contributed by atoms with Crippen LogP contribution in [0.4, 0.5) is 0 Å². The van der Waals surface area contributed by atoms with Crippen molar-refractivity contribution in [1.82, 2.24) is 0 Å². The largest absolute Gasteiger partial charge is 0.472 e. The summed E-state index contributed by atoms with van der Waals surface area (Å²) in [6, 6.07) is 0. The van der Waals surface area contributed by atoms with Gasteiger partial charge in [-0.2, -0.15) is 0 Å². The first-order valence-electron chi connectivity index (χ1n) is 31.9. The van der Waals surface area contributed by atoms with Crippen molar-refractivity contribution in [3.05, 3.63) is 134 Å². The lowest BCUT2D eigenvalue weighted by Gasteiger charge is -2.24. The summed E-state index contributed by atoms with van der Waals surface area (Å²) in [7, 11) is 1.45. The van der Waals surface area contributed by atoms with Crippen molar-refractivity contribution in [2.45, 2.75) is 251 Å². The molecule has 0 bridgehead atoms. The molecule has 0 rings (SSSR count). The van der Waals surface area contributed by atoms with Crippen LogP contribution in [0.25, 0.3) is 0 Å². The van der Waals surface area contributed by atoms with Crippen molar-refractivity contribution < 1.29 is 42.1 Å². The quantitative estimate of drug-likeness (QED) is 0.0211. The molecule has 0 aliphatic carbocycles. The molecule has 0 aromatic carbocycles. The molecular weight excluding hydrogens is 1010 g/mol. The lowest BCUT2D eigenvalue weighted by atomic mass is 10.1. The van der Waals surface area contributed by atoms with E-state index in [1.165, 1.54) is 89.9 Å². The van der Waals surface area contributed by atoms with Gasteiger partial charge >= 0.3 is 19.8 Å². The third kappa shape index (κ3) is 63.3. The number of hydrogen-bond donors (Lipinski definition) is 1. The maximum atomic E-state index is 12.8. The molecule has 10 heteroatoms. The molecule has 0 saturated heterocycles. The van der Waals surface area contributed by atoms with Gasteiger partial charge in [0.2, 0.25) is 0 Å². The van der Waals surface area contributed by atoms with Gasteiger partial charge < -0.3 is 18.9 Å². The Morgan fingerprint density at radius 3 is 1.06 bits per heavy atom. The Morgan fingerprint density at radius 1 is 0.400 bits per heavy atom. The number of phosphoric ester groups is 1. The normalized spacial score (nSPS) is 14.1. The van der Waals surface area contributed by atoms with Gasteiger partial charge in [0.05, 0.1) is 27.7 Å². The number of hydrogen-bond acceptors (Lipinski definition) is 7. The Kier molecular flexibility index (Phi) is 56.9. The zero-order chi connectivity index (χ0) is 58.4. The number of phosphoric acid groups is 1. The first-order chi connectivity index (χ1) is 39.0. The summed E-state index contributed by atoms with van der Waals surface area (Å²) >= 11 is 0. The van der Waals surface area contributed by atoms with Crippen molar-refractivity contribution in [1.29, 1.82) is 0 Å². The number of allylic oxidation sites excluding steroid dienone is 22. The van der Waals surface area contributed by atoms with Gasteiger partial charge in [0, 0.05) is 12.8 Å². The number of carbonyl (C=O) groups excluding carboxylic acids is 2. The summed E-state index contributed by atoms with van der Waals surface area (Å²) in [5.74, 6) is -0.821. The molecule has 2 unspecified atom stereocenters. The van der Waals surface area contributed by atoms with Gasteiger partial charge in [-0.15, -0.1) is 0 Å². The average molecular weight is 1130 g/mol. The van der Waals surface area contributed by atoms with Crippen molar-refractivity contribution in [2.75, 3.05) is 47.5 Å². The lowest BCUT2D eigenvalue weighted by Crippen LogP contribution is -2.37. The Labute approximate surface area is 491 Å². The van der Waals surface area contributed by atoms with Gasteiger partial charge in [0.25, 0.3) is 0 Å². The maximum Gasteiger partial charge on any atom is 0.472 e. The molecule has 1 N–H and O–H groups in total. The zero-order valence-corrected chi connectivity index (χ0v) is 52.7. The van der Waals surface area contributed by atoms with Crippen LogP contribution in [0.5, 0.6) is 0 Å². The number of rotatable bonds is 57. The minimum Gasteiger partial charge on any atom is -0.462 e. The molecule has 0 aliphatic rings. The molecule has 9 nitrogen and oxygen atoms in total. The van der Waals surface area contributed by atoms with Crippen LogP contribution in [0.2, 0.25) is 0 Å². The molecule has 456 valence electrons. The molecule has 0 saturated carbocycles. The molecule has 0 fully saturated rings. The van der Waals surface area contributed by atoms with Crippen LogP contribution in [0.3, 0.4) is 0 Å². The summed E-state index contributed by atoms with van der Waals surface area (Å²) in [5, 5.41) is 0. The molecule has 0 aliphatic heterocycles. The summed E-state index contributed by atoms with van der Waals surface area (Å²) in [4.78, 5) is 35.8. The van der Waals surface area contributed by atoms with E-state index in [1.807, 2.05) is 21.1 Å². The molecule has 0 heterocycles. The number of likely N-dealkylation sites (N-methyl/N-ethyl adjacent to an activating group) is 1.